The molecule has 5 nitrogen and oxygen atoms in total. The molecule has 0 atom stereocenters. The topological polar surface area (TPSA) is 98.2 Å². The molecular formula is C13H15F2N3O2. The van der Waals surface area contributed by atoms with Gasteiger partial charge in [-0.3, -0.25) is 9.59 Å². The standard InChI is InChI=1S/C13H15F2N3O2/c14-8-5-9(15)10(4-7(8)11(17)19)18-12(20)13(6-16)2-1-3-13/h4-5H,1-3,6,16H2,(H2,17,19)(H,18,20). The molecule has 1 aromatic rings. The third-order valence-corrected chi connectivity index (χ3v) is 3.75. The molecule has 20 heavy (non-hydrogen) atoms. The first kappa shape index (κ1) is 14.4. The van der Waals surface area contributed by atoms with Gasteiger partial charge in [0, 0.05) is 12.6 Å². The molecule has 0 spiro atoms. The second-order valence-corrected chi connectivity index (χ2v) is 4.97. The molecule has 0 bridgehead atoms. The monoisotopic (exact) mass is 283 g/mol. The summed E-state index contributed by atoms with van der Waals surface area (Å²) in [5.74, 6) is -3.49. The van der Waals surface area contributed by atoms with Gasteiger partial charge in [0.15, 0.2) is 0 Å². The van der Waals surface area contributed by atoms with E-state index in [-0.39, 0.29) is 12.2 Å². The molecule has 1 aliphatic carbocycles. The zero-order valence-corrected chi connectivity index (χ0v) is 10.7. The summed E-state index contributed by atoms with van der Waals surface area (Å²) in [6.45, 7) is 0.157. The number of nitrogens with two attached hydrogens (primary N) is 2. The normalized spacial score (nSPS) is 16.4. The minimum Gasteiger partial charge on any atom is -0.366 e. The number of benzene rings is 1. The van der Waals surface area contributed by atoms with Gasteiger partial charge in [-0.25, -0.2) is 8.78 Å². The van der Waals surface area contributed by atoms with E-state index in [2.05, 4.69) is 5.32 Å². The molecule has 0 aromatic heterocycles. The van der Waals surface area contributed by atoms with Crippen LogP contribution in [-0.4, -0.2) is 18.4 Å². The average molecular weight is 283 g/mol. The van der Waals surface area contributed by atoms with Gasteiger partial charge < -0.3 is 16.8 Å². The number of hydrogen-bond acceptors (Lipinski definition) is 3. The van der Waals surface area contributed by atoms with E-state index in [4.69, 9.17) is 11.5 Å². The van der Waals surface area contributed by atoms with Crippen LogP contribution in [0.5, 0.6) is 0 Å². The Morgan fingerprint density at radius 1 is 1.25 bits per heavy atom. The Kier molecular flexibility index (Phi) is 3.71. The largest absolute Gasteiger partial charge is 0.366 e. The van der Waals surface area contributed by atoms with Crippen molar-refractivity contribution in [3.8, 4) is 0 Å². The van der Waals surface area contributed by atoms with Crippen molar-refractivity contribution < 1.29 is 18.4 Å². The van der Waals surface area contributed by atoms with Gasteiger partial charge in [0.1, 0.15) is 11.6 Å². The second-order valence-electron chi connectivity index (χ2n) is 4.97. The van der Waals surface area contributed by atoms with Crippen LogP contribution in [0.25, 0.3) is 0 Å². The number of primary amides is 1. The fourth-order valence-electron chi connectivity index (χ4n) is 2.22. The van der Waals surface area contributed by atoms with Crippen LogP contribution in [0.1, 0.15) is 29.6 Å². The Labute approximate surface area is 114 Å². The number of anilines is 1. The molecule has 0 aliphatic heterocycles. The predicted molar refractivity (Wildman–Crippen MR) is 68.8 cm³/mol. The zero-order valence-electron chi connectivity index (χ0n) is 10.7. The molecule has 0 saturated heterocycles. The van der Waals surface area contributed by atoms with E-state index >= 15 is 0 Å². The van der Waals surface area contributed by atoms with Gasteiger partial charge in [-0.2, -0.15) is 0 Å². The van der Waals surface area contributed by atoms with Gasteiger partial charge in [-0.1, -0.05) is 6.42 Å². The number of nitrogens with one attached hydrogen (secondary N) is 1. The van der Waals surface area contributed by atoms with E-state index in [1.165, 1.54) is 0 Å². The first-order valence-electron chi connectivity index (χ1n) is 6.20. The lowest BCUT2D eigenvalue weighted by Gasteiger charge is -2.39. The summed E-state index contributed by atoms with van der Waals surface area (Å²) in [6.07, 6.45) is 2.13. The van der Waals surface area contributed by atoms with Gasteiger partial charge in [0.25, 0.3) is 5.91 Å². The molecule has 7 heteroatoms. The van der Waals surface area contributed by atoms with Crippen LogP contribution in [0.4, 0.5) is 14.5 Å². The molecule has 2 amide bonds. The Morgan fingerprint density at radius 2 is 1.90 bits per heavy atom. The highest BCUT2D eigenvalue weighted by molar-refractivity contribution is 5.99. The van der Waals surface area contributed by atoms with Crippen molar-refractivity contribution in [1.82, 2.24) is 0 Å². The fourth-order valence-corrected chi connectivity index (χ4v) is 2.22. The van der Waals surface area contributed by atoms with Crippen molar-refractivity contribution in [3.05, 3.63) is 29.3 Å². The number of carbonyl (C=O) groups excluding carboxylic acids is 2. The number of amides is 2. The quantitative estimate of drug-likeness (QED) is 0.772. The van der Waals surface area contributed by atoms with Gasteiger partial charge in [0.05, 0.1) is 16.7 Å². The number of rotatable bonds is 4. The molecule has 5 N–H and O–H groups in total. The molecule has 1 saturated carbocycles. The Morgan fingerprint density at radius 3 is 2.35 bits per heavy atom. The third kappa shape index (κ3) is 2.36. The van der Waals surface area contributed by atoms with Crippen LogP contribution in [0, 0.1) is 17.0 Å². The maximum atomic E-state index is 13.6. The summed E-state index contributed by atoms with van der Waals surface area (Å²) in [6, 6.07) is 1.42. The van der Waals surface area contributed by atoms with Crippen LogP contribution >= 0.6 is 0 Å². The maximum Gasteiger partial charge on any atom is 0.251 e. The van der Waals surface area contributed by atoms with Crippen molar-refractivity contribution >= 4 is 17.5 Å². The highest BCUT2D eigenvalue weighted by atomic mass is 19.1. The molecule has 0 radical (unpaired) electrons. The molecule has 1 fully saturated rings. The number of halogens is 2. The fraction of sp³-hybridized carbons (Fsp3) is 0.385. The minimum absolute atomic E-state index is 0.157. The van der Waals surface area contributed by atoms with Crippen LogP contribution in [0.2, 0.25) is 0 Å². The van der Waals surface area contributed by atoms with Gasteiger partial charge in [0.2, 0.25) is 5.91 Å². The van der Waals surface area contributed by atoms with E-state index in [9.17, 15) is 18.4 Å². The van der Waals surface area contributed by atoms with E-state index in [1.807, 2.05) is 0 Å². The van der Waals surface area contributed by atoms with Crippen molar-refractivity contribution in [2.75, 3.05) is 11.9 Å². The summed E-state index contributed by atoms with van der Waals surface area (Å²) in [7, 11) is 0. The first-order valence-corrected chi connectivity index (χ1v) is 6.20. The molecule has 0 heterocycles. The molecule has 108 valence electrons. The number of carbonyl (C=O) groups is 2. The highest BCUT2D eigenvalue weighted by Gasteiger charge is 2.43. The molecule has 2 rings (SSSR count). The van der Waals surface area contributed by atoms with Gasteiger partial charge >= 0.3 is 0 Å². The molecule has 1 aliphatic rings. The van der Waals surface area contributed by atoms with Gasteiger partial charge in [-0.15, -0.1) is 0 Å². The zero-order chi connectivity index (χ0) is 14.9. The van der Waals surface area contributed by atoms with Crippen LogP contribution in [-0.2, 0) is 4.79 Å². The third-order valence-electron chi connectivity index (χ3n) is 3.75. The smallest absolute Gasteiger partial charge is 0.251 e. The lowest BCUT2D eigenvalue weighted by atomic mass is 9.68. The van der Waals surface area contributed by atoms with E-state index < -0.39 is 34.4 Å². The lowest BCUT2D eigenvalue weighted by Crippen LogP contribution is -2.47. The summed E-state index contributed by atoms with van der Waals surface area (Å²) in [5, 5.41) is 2.36. The van der Waals surface area contributed by atoms with E-state index in [1.54, 1.807) is 0 Å². The Hall–Kier alpha value is -2.02. The van der Waals surface area contributed by atoms with Crippen LogP contribution in [0.3, 0.4) is 0 Å². The minimum atomic E-state index is -1.06. The molecular weight excluding hydrogens is 268 g/mol. The number of hydrogen-bond donors (Lipinski definition) is 3. The van der Waals surface area contributed by atoms with Crippen molar-refractivity contribution in [2.45, 2.75) is 19.3 Å². The highest BCUT2D eigenvalue weighted by Crippen LogP contribution is 2.41. The Balaban J connectivity index is 2.27. The molecule has 0 unspecified atom stereocenters. The van der Waals surface area contributed by atoms with E-state index in [0.717, 1.165) is 12.5 Å². The van der Waals surface area contributed by atoms with Crippen molar-refractivity contribution in [1.29, 1.82) is 0 Å². The SMILES string of the molecule is NCC1(C(=O)Nc2cc(C(N)=O)c(F)cc2F)CCC1. The summed E-state index contributed by atoms with van der Waals surface area (Å²) in [5.41, 5.74) is 9.11. The summed E-state index contributed by atoms with van der Waals surface area (Å²) >= 11 is 0. The predicted octanol–water partition coefficient (Wildman–Crippen LogP) is 1.13. The Bertz CT molecular complexity index is 565. The van der Waals surface area contributed by atoms with Gasteiger partial charge in [-0.05, 0) is 18.9 Å². The van der Waals surface area contributed by atoms with E-state index in [0.29, 0.717) is 18.9 Å². The summed E-state index contributed by atoms with van der Waals surface area (Å²) < 4.78 is 27.0. The van der Waals surface area contributed by atoms with Crippen LogP contribution < -0.4 is 16.8 Å². The second kappa shape index (κ2) is 5.16. The van der Waals surface area contributed by atoms with Crippen molar-refractivity contribution in [3.63, 3.8) is 0 Å². The lowest BCUT2D eigenvalue weighted by molar-refractivity contribution is -0.129. The average Bonchev–Trinajstić information content (AvgIpc) is 2.31. The van der Waals surface area contributed by atoms with Crippen LogP contribution in [0.15, 0.2) is 12.1 Å². The molecule has 1 aromatic carbocycles. The summed E-state index contributed by atoms with van der Waals surface area (Å²) in [4.78, 5) is 23.1. The van der Waals surface area contributed by atoms with Crippen molar-refractivity contribution in [2.24, 2.45) is 16.9 Å². The first-order chi connectivity index (χ1) is 9.39. The maximum absolute atomic E-state index is 13.6.